The van der Waals surface area contributed by atoms with E-state index in [9.17, 15) is 9.90 Å². The first-order valence-electron chi connectivity index (χ1n) is 5.71. The summed E-state index contributed by atoms with van der Waals surface area (Å²) in [5, 5.41) is 19.5. The zero-order chi connectivity index (χ0) is 12.6. The molecule has 1 saturated heterocycles. The van der Waals surface area contributed by atoms with Gasteiger partial charge in [-0.15, -0.1) is 0 Å². The molecule has 0 radical (unpaired) electrons. The molecule has 17 heavy (non-hydrogen) atoms. The highest BCUT2D eigenvalue weighted by atomic mass is 16.3. The molecule has 2 atom stereocenters. The maximum Gasteiger partial charge on any atom is 0.241 e. The van der Waals surface area contributed by atoms with Crippen LogP contribution in [0.3, 0.4) is 0 Å². The third-order valence-corrected chi connectivity index (χ3v) is 3.18. The molecule has 1 aliphatic rings. The maximum absolute atomic E-state index is 12.0. The van der Waals surface area contributed by atoms with E-state index in [4.69, 9.17) is 0 Å². The lowest BCUT2D eigenvalue weighted by Gasteiger charge is -2.11. The number of aromatic nitrogens is 2. The van der Waals surface area contributed by atoms with Crippen molar-refractivity contribution in [3.63, 3.8) is 0 Å². The van der Waals surface area contributed by atoms with Crippen molar-refractivity contribution in [3.05, 3.63) is 11.4 Å². The number of aliphatic hydroxyl groups is 1. The molecule has 6 heteroatoms. The fourth-order valence-corrected chi connectivity index (χ4v) is 2.08. The minimum Gasteiger partial charge on any atom is -0.392 e. The third-order valence-electron chi connectivity index (χ3n) is 3.18. The summed E-state index contributed by atoms with van der Waals surface area (Å²) < 4.78 is 1.74. The van der Waals surface area contributed by atoms with Crippen molar-refractivity contribution in [1.82, 2.24) is 15.1 Å². The number of nitrogens with one attached hydrogen (secondary N) is 2. The number of aryl methyl sites for hydroxylation is 2. The molecule has 6 nitrogen and oxygen atoms in total. The van der Waals surface area contributed by atoms with Gasteiger partial charge in [-0.2, -0.15) is 5.10 Å². The quantitative estimate of drug-likeness (QED) is 0.661. The Labute approximate surface area is 100 Å². The number of hydrogen-bond acceptors (Lipinski definition) is 4. The highest BCUT2D eigenvalue weighted by Gasteiger charge is 2.28. The van der Waals surface area contributed by atoms with Crippen LogP contribution in [-0.4, -0.2) is 39.5 Å². The number of β-amino-alcohol motifs (C(OH)–C–C–N with tert-alkyl or cyclic N) is 1. The fraction of sp³-hybridized carbons (Fsp3) is 0.636. The first-order valence-corrected chi connectivity index (χ1v) is 5.71. The van der Waals surface area contributed by atoms with Gasteiger partial charge in [0.05, 0.1) is 29.2 Å². The summed E-state index contributed by atoms with van der Waals surface area (Å²) in [6.45, 7) is 4.25. The molecule has 1 aliphatic heterocycles. The van der Waals surface area contributed by atoms with E-state index in [-0.39, 0.29) is 11.9 Å². The maximum atomic E-state index is 12.0. The molecule has 94 valence electrons. The summed E-state index contributed by atoms with van der Waals surface area (Å²) in [7, 11) is 1.84. The minimum absolute atomic E-state index is 0.110. The van der Waals surface area contributed by atoms with Crippen LogP contribution in [0.4, 0.5) is 5.69 Å². The number of carbonyl (C=O) groups is 1. The van der Waals surface area contributed by atoms with Gasteiger partial charge >= 0.3 is 0 Å². The predicted molar refractivity (Wildman–Crippen MR) is 63.7 cm³/mol. The lowest BCUT2D eigenvalue weighted by molar-refractivity contribution is -0.117. The van der Waals surface area contributed by atoms with Crippen molar-refractivity contribution in [3.8, 4) is 0 Å². The second-order valence-electron chi connectivity index (χ2n) is 4.51. The van der Waals surface area contributed by atoms with Crippen molar-refractivity contribution >= 4 is 11.6 Å². The van der Waals surface area contributed by atoms with Gasteiger partial charge in [-0.3, -0.25) is 9.48 Å². The highest BCUT2D eigenvalue weighted by molar-refractivity contribution is 5.96. The number of nitrogens with zero attached hydrogens (tertiary/aromatic N) is 2. The molecule has 1 aromatic heterocycles. The van der Waals surface area contributed by atoms with Crippen LogP contribution >= 0.6 is 0 Å². The number of carbonyl (C=O) groups excluding carboxylic acids is 1. The van der Waals surface area contributed by atoms with Crippen LogP contribution in [0.5, 0.6) is 0 Å². The summed E-state index contributed by atoms with van der Waals surface area (Å²) in [5.74, 6) is -0.110. The Hall–Kier alpha value is -1.40. The molecule has 0 aliphatic carbocycles. The number of anilines is 1. The van der Waals surface area contributed by atoms with E-state index in [0.29, 0.717) is 13.0 Å². The monoisotopic (exact) mass is 238 g/mol. The van der Waals surface area contributed by atoms with Crippen molar-refractivity contribution in [2.45, 2.75) is 32.4 Å². The van der Waals surface area contributed by atoms with Gasteiger partial charge in [-0.05, 0) is 20.3 Å². The van der Waals surface area contributed by atoms with Crippen molar-refractivity contribution < 1.29 is 9.90 Å². The summed E-state index contributed by atoms with van der Waals surface area (Å²) in [5.41, 5.74) is 2.49. The second-order valence-corrected chi connectivity index (χ2v) is 4.51. The van der Waals surface area contributed by atoms with Crippen LogP contribution in [0, 0.1) is 13.8 Å². The van der Waals surface area contributed by atoms with E-state index >= 15 is 0 Å². The van der Waals surface area contributed by atoms with E-state index in [1.165, 1.54) is 0 Å². The number of hydrogen-bond donors (Lipinski definition) is 3. The molecule has 0 aromatic carbocycles. The summed E-state index contributed by atoms with van der Waals surface area (Å²) in [4.78, 5) is 12.0. The molecule has 0 bridgehead atoms. The first kappa shape index (κ1) is 12.1. The van der Waals surface area contributed by atoms with Crippen LogP contribution in [0.1, 0.15) is 17.8 Å². The Morgan fingerprint density at radius 3 is 2.76 bits per heavy atom. The van der Waals surface area contributed by atoms with Gasteiger partial charge < -0.3 is 15.7 Å². The molecule has 1 amide bonds. The van der Waals surface area contributed by atoms with Gasteiger partial charge in [0.2, 0.25) is 5.91 Å². The average molecular weight is 238 g/mol. The minimum atomic E-state index is -0.429. The molecule has 1 aromatic rings. The lowest BCUT2D eigenvalue weighted by atomic mass is 10.2. The largest absolute Gasteiger partial charge is 0.392 e. The van der Waals surface area contributed by atoms with Gasteiger partial charge in [0, 0.05) is 13.6 Å². The van der Waals surface area contributed by atoms with Crippen LogP contribution in [0.15, 0.2) is 0 Å². The van der Waals surface area contributed by atoms with Crippen LogP contribution < -0.4 is 10.6 Å². The van der Waals surface area contributed by atoms with E-state index in [1.807, 2.05) is 20.9 Å². The highest BCUT2D eigenvalue weighted by Crippen LogP contribution is 2.19. The predicted octanol–water partition coefficient (Wildman–Crippen LogP) is -0.302. The fourth-order valence-electron chi connectivity index (χ4n) is 2.08. The van der Waals surface area contributed by atoms with Gasteiger partial charge in [0.15, 0.2) is 0 Å². The lowest BCUT2D eigenvalue weighted by Crippen LogP contribution is -2.35. The molecule has 3 N–H and O–H groups in total. The molecule has 0 saturated carbocycles. The van der Waals surface area contributed by atoms with Gasteiger partial charge in [0.25, 0.3) is 0 Å². The molecule has 2 heterocycles. The van der Waals surface area contributed by atoms with Crippen molar-refractivity contribution in [2.75, 3.05) is 11.9 Å². The number of amides is 1. The number of rotatable bonds is 2. The summed E-state index contributed by atoms with van der Waals surface area (Å²) in [6, 6.07) is -0.316. The standard InChI is InChI=1S/C11H18N4O2/c1-6-10(7(2)15(3)14-6)13-11(17)9-4-8(16)5-12-9/h8-9,12,16H,4-5H2,1-3H3,(H,13,17). The Morgan fingerprint density at radius 1 is 1.59 bits per heavy atom. The van der Waals surface area contributed by atoms with E-state index in [2.05, 4.69) is 15.7 Å². The van der Waals surface area contributed by atoms with E-state index in [0.717, 1.165) is 17.1 Å². The summed E-state index contributed by atoms with van der Waals surface area (Å²) >= 11 is 0. The average Bonchev–Trinajstić information content (AvgIpc) is 2.79. The SMILES string of the molecule is Cc1nn(C)c(C)c1NC(=O)C1CC(O)CN1. The molecule has 1 fully saturated rings. The van der Waals surface area contributed by atoms with E-state index in [1.54, 1.807) is 4.68 Å². The topological polar surface area (TPSA) is 79.2 Å². The molecule has 2 rings (SSSR count). The number of aliphatic hydroxyl groups excluding tert-OH is 1. The Bertz CT molecular complexity index is 441. The molecular weight excluding hydrogens is 220 g/mol. The van der Waals surface area contributed by atoms with Crippen LogP contribution in [-0.2, 0) is 11.8 Å². The third kappa shape index (κ3) is 2.32. The molecular formula is C11H18N4O2. The van der Waals surface area contributed by atoms with Crippen LogP contribution in [0.2, 0.25) is 0 Å². The first-order chi connectivity index (χ1) is 7.99. The summed E-state index contributed by atoms with van der Waals surface area (Å²) in [6.07, 6.45) is 0.0336. The normalized spacial score (nSPS) is 24.0. The molecule has 2 unspecified atom stereocenters. The van der Waals surface area contributed by atoms with Gasteiger partial charge in [0.1, 0.15) is 0 Å². The van der Waals surface area contributed by atoms with Gasteiger partial charge in [-0.25, -0.2) is 0 Å². The molecule has 0 spiro atoms. The Balaban J connectivity index is 2.08. The van der Waals surface area contributed by atoms with Crippen LogP contribution in [0.25, 0.3) is 0 Å². The second kappa shape index (κ2) is 4.46. The van der Waals surface area contributed by atoms with Crippen molar-refractivity contribution in [2.24, 2.45) is 7.05 Å². The zero-order valence-corrected chi connectivity index (χ0v) is 10.3. The Morgan fingerprint density at radius 2 is 2.29 bits per heavy atom. The smallest absolute Gasteiger partial charge is 0.241 e. The zero-order valence-electron chi connectivity index (χ0n) is 10.3. The van der Waals surface area contributed by atoms with Crippen molar-refractivity contribution in [1.29, 1.82) is 0 Å². The van der Waals surface area contributed by atoms with E-state index < -0.39 is 6.10 Å². The van der Waals surface area contributed by atoms with Gasteiger partial charge in [-0.1, -0.05) is 0 Å². The Kier molecular flexibility index (Phi) is 3.17.